The number of hydrogen-bond acceptors (Lipinski definition) is 3. The summed E-state index contributed by atoms with van der Waals surface area (Å²) in [7, 11) is 1.41. The number of primary amides is 1. The third-order valence-corrected chi connectivity index (χ3v) is 2.55. The predicted octanol–water partition coefficient (Wildman–Crippen LogP) is 0.722. The lowest BCUT2D eigenvalue weighted by atomic mass is 10.1. The second-order valence-corrected chi connectivity index (χ2v) is 4.14. The van der Waals surface area contributed by atoms with Gasteiger partial charge in [0.2, 0.25) is 11.8 Å². The summed E-state index contributed by atoms with van der Waals surface area (Å²) in [6.45, 7) is 0.226. The third-order valence-electron chi connectivity index (χ3n) is 2.55. The van der Waals surface area contributed by atoms with Gasteiger partial charge in [-0.25, -0.2) is 4.39 Å². The van der Waals surface area contributed by atoms with E-state index in [0.29, 0.717) is 5.56 Å². The van der Waals surface area contributed by atoms with Crippen molar-refractivity contribution < 1.29 is 18.7 Å². The van der Waals surface area contributed by atoms with Gasteiger partial charge in [-0.15, -0.1) is 0 Å². The number of rotatable bonds is 7. The fourth-order valence-corrected chi connectivity index (χ4v) is 1.59. The molecule has 0 saturated carbocycles. The van der Waals surface area contributed by atoms with Gasteiger partial charge in [0.25, 0.3) is 0 Å². The van der Waals surface area contributed by atoms with Crippen LogP contribution in [-0.4, -0.2) is 25.0 Å². The molecule has 0 heterocycles. The van der Waals surface area contributed by atoms with Gasteiger partial charge < -0.3 is 15.8 Å². The van der Waals surface area contributed by atoms with Gasteiger partial charge in [-0.3, -0.25) is 9.59 Å². The monoisotopic (exact) mass is 268 g/mol. The molecule has 0 unspecified atom stereocenters. The lowest BCUT2D eigenvalue weighted by Crippen LogP contribution is -2.30. The van der Waals surface area contributed by atoms with E-state index in [1.807, 2.05) is 0 Å². The molecule has 3 N–H and O–H groups in total. The number of amides is 2. The molecule has 0 radical (unpaired) electrons. The zero-order valence-corrected chi connectivity index (χ0v) is 10.7. The lowest BCUT2D eigenvalue weighted by molar-refractivity contribution is -0.125. The second-order valence-electron chi connectivity index (χ2n) is 4.14. The van der Waals surface area contributed by atoms with Gasteiger partial charge in [-0.1, -0.05) is 12.1 Å². The highest BCUT2D eigenvalue weighted by Crippen LogP contribution is 2.05. The van der Waals surface area contributed by atoms with Crippen LogP contribution in [0.25, 0.3) is 0 Å². The van der Waals surface area contributed by atoms with Crippen LogP contribution in [0.15, 0.2) is 24.3 Å². The average Bonchev–Trinajstić information content (AvgIpc) is 2.35. The van der Waals surface area contributed by atoms with E-state index < -0.39 is 12.0 Å². The minimum absolute atomic E-state index is 0.0100. The molecule has 5 nitrogen and oxygen atoms in total. The van der Waals surface area contributed by atoms with E-state index in [1.165, 1.54) is 19.2 Å². The Labute approximate surface area is 110 Å². The molecule has 2 amide bonds. The summed E-state index contributed by atoms with van der Waals surface area (Å²) < 4.78 is 17.9. The molecule has 1 aromatic rings. The van der Waals surface area contributed by atoms with E-state index in [4.69, 9.17) is 10.5 Å². The molecule has 0 spiro atoms. The summed E-state index contributed by atoms with van der Waals surface area (Å²) in [6.07, 6.45) is -0.511. The molecule has 0 bridgehead atoms. The van der Waals surface area contributed by atoms with Crippen molar-refractivity contribution in [2.45, 2.75) is 25.5 Å². The zero-order chi connectivity index (χ0) is 14.3. The number of hydrogen-bond donors (Lipinski definition) is 2. The lowest BCUT2D eigenvalue weighted by Gasteiger charge is -2.13. The summed E-state index contributed by atoms with van der Waals surface area (Å²) in [6, 6.07) is 5.96. The molecule has 1 atom stereocenters. The van der Waals surface area contributed by atoms with E-state index in [1.54, 1.807) is 12.1 Å². The van der Waals surface area contributed by atoms with Gasteiger partial charge in [0, 0.05) is 13.7 Å². The number of benzene rings is 1. The number of halogens is 1. The molecule has 104 valence electrons. The molecule has 1 aromatic carbocycles. The minimum Gasteiger partial charge on any atom is -0.380 e. The fraction of sp³-hybridized carbons (Fsp3) is 0.385. The molecule has 0 aliphatic rings. The quantitative estimate of drug-likeness (QED) is 0.764. The van der Waals surface area contributed by atoms with E-state index in [9.17, 15) is 14.0 Å². The number of carbonyl (C=O) groups excluding carboxylic acids is 2. The van der Waals surface area contributed by atoms with Crippen LogP contribution in [0.3, 0.4) is 0 Å². The highest BCUT2D eigenvalue weighted by Gasteiger charge is 2.15. The number of carbonyl (C=O) groups is 2. The molecule has 0 aliphatic carbocycles. The Hall–Kier alpha value is -1.95. The Balaban J connectivity index is 2.40. The topological polar surface area (TPSA) is 81.4 Å². The maximum Gasteiger partial charge on any atom is 0.222 e. The van der Waals surface area contributed by atoms with Gasteiger partial charge in [-0.2, -0.15) is 0 Å². The third kappa shape index (κ3) is 5.96. The molecule has 0 fully saturated rings. The first kappa shape index (κ1) is 15.1. The maximum atomic E-state index is 12.9. The highest BCUT2D eigenvalue weighted by molar-refractivity contribution is 5.79. The van der Waals surface area contributed by atoms with Crippen molar-refractivity contribution in [1.82, 2.24) is 5.32 Å². The van der Waals surface area contributed by atoms with E-state index >= 15 is 0 Å². The Morgan fingerprint density at radius 2 is 2.16 bits per heavy atom. The first-order valence-corrected chi connectivity index (χ1v) is 5.83. The summed E-state index contributed by atoms with van der Waals surface area (Å²) in [5, 5.41) is 2.63. The highest BCUT2D eigenvalue weighted by atomic mass is 19.1. The van der Waals surface area contributed by atoms with Crippen LogP contribution >= 0.6 is 0 Å². The molecule has 1 rings (SSSR count). The summed E-state index contributed by atoms with van der Waals surface area (Å²) in [5.41, 5.74) is 5.70. The van der Waals surface area contributed by atoms with E-state index in [0.717, 1.165) is 0 Å². The number of nitrogens with two attached hydrogens (primary N) is 1. The van der Waals surface area contributed by atoms with Crippen LogP contribution in [0.4, 0.5) is 4.39 Å². The molecule has 19 heavy (non-hydrogen) atoms. The van der Waals surface area contributed by atoms with Crippen LogP contribution in [0.2, 0.25) is 0 Å². The number of nitrogens with one attached hydrogen (secondary N) is 1. The van der Waals surface area contributed by atoms with Gasteiger partial charge in [0.1, 0.15) is 5.82 Å². The Kier molecular flexibility index (Phi) is 5.95. The van der Waals surface area contributed by atoms with Crippen molar-refractivity contribution in [1.29, 1.82) is 0 Å². The van der Waals surface area contributed by atoms with Gasteiger partial charge in [0.15, 0.2) is 0 Å². The largest absolute Gasteiger partial charge is 0.380 e. The van der Waals surface area contributed by atoms with E-state index in [-0.39, 0.29) is 31.1 Å². The Bertz CT molecular complexity index is 451. The van der Waals surface area contributed by atoms with Gasteiger partial charge >= 0.3 is 0 Å². The average molecular weight is 268 g/mol. The van der Waals surface area contributed by atoms with E-state index in [2.05, 4.69) is 5.32 Å². The summed E-state index contributed by atoms with van der Waals surface area (Å²) in [5.74, 6) is -1.16. The Morgan fingerprint density at radius 1 is 1.42 bits per heavy atom. The first-order chi connectivity index (χ1) is 9.01. The molecule has 0 aliphatic heterocycles. The molecule has 0 aromatic heterocycles. The van der Waals surface area contributed by atoms with Gasteiger partial charge in [0.05, 0.1) is 18.9 Å². The molecular weight excluding hydrogens is 251 g/mol. The fourth-order valence-electron chi connectivity index (χ4n) is 1.59. The molecular formula is C13H17FN2O3. The van der Waals surface area contributed by atoms with Crippen molar-refractivity contribution in [2.24, 2.45) is 5.73 Å². The standard InChI is InChI=1S/C13H17FN2O3/c1-19-11(6-12(15)17)7-13(18)16-8-9-3-2-4-10(14)5-9/h2-5,11H,6-8H2,1H3,(H2,15,17)(H,16,18)/t11-/m1/s1. The number of methoxy groups -OCH3 is 1. The van der Waals surface area contributed by atoms with Crippen LogP contribution in [0.1, 0.15) is 18.4 Å². The zero-order valence-electron chi connectivity index (χ0n) is 10.7. The predicted molar refractivity (Wildman–Crippen MR) is 67.5 cm³/mol. The van der Waals surface area contributed by atoms with Crippen LogP contribution in [-0.2, 0) is 20.9 Å². The second kappa shape index (κ2) is 7.48. The van der Waals surface area contributed by atoms with Gasteiger partial charge in [-0.05, 0) is 17.7 Å². The smallest absolute Gasteiger partial charge is 0.222 e. The summed E-state index contributed by atoms with van der Waals surface area (Å²) in [4.78, 5) is 22.4. The summed E-state index contributed by atoms with van der Waals surface area (Å²) >= 11 is 0. The SMILES string of the molecule is CO[C@H](CC(N)=O)CC(=O)NCc1cccc(F)c1. The normalized spacial score (nSPS) is 11.9. The first-order valence-electron chi connectivity index (χ1n) is 5.83. The van der Waals surface area contributed by atoms with Crippen LogP contribution < -0.4 is 11.1 Å². The Morgan fingerprint density at radius 3 is 2.74 bits per heavy atom. The molecule has 6 heteroatoms. The number of ether oxygens (including phenoxy) is 1. The van der Waals surface area contributed by atoms with Crippen molar-refractivity contribution in [2.75, 3.05) is 7.11 Å². The molecule has 0 saturated heterocycles. The van der Waals surface area contributed by atoms with Crippen molar-refractivity contribution in [3.8, 4) is 0 Å². The van der Waals surface area contributed by atoms with Crippen molar-refractivity contribution in [3.63, 3.8) is 0 Å². The maximum absolute atomic E-state index is 12.9. The van der Waals surface area contributed by atoms with Crippen LogP contribution in [0.5, 0.6) is 0 Å². The van der Waals surface area contributed by atoms with Crippen molar-refractivity contribution in [3.05, 3.63) is 35.6 Å². The minimum atomic E-state index is -0.537. The van der Waals surface area contributed by atoms with Crippen molar-refractivity contribution >= 4 is 11.8 Å². The van der Waals surface area contributed by atoms with Crippen LogP contribution in [0, 0.1) is 5.82 Å².